The van der Waals surface area contributed by atoms with Crippen LogP contribution in [0.3, 0.4) is 0 Å². The predicted molar refractivity (Wildman–Crippen MR) is 110 cm³/mol. The van der Waals surface area contributed by atoms with Gasteiger partial charge in [0.1, 0.15) is 0 Å². The second-order valence-corrected chi connectivity index (χ2v) is 7.74. The molecule has 1 amide bonds. The van der Waals surface area contributed by atoms with Crippen LogP contribution in [-0.4, -0.2) is 26.9 Å². The molecule has 0 spiro atoms. The molecule has 2 aromatic carbocycles. The van der Waals surface area contributed by atoms with Crippen LogP contribution in [0.5, 0.6) is 0 Å². The Balaban J connectivity index is 1.54. The van der Waals surface area contributed by atoms with Crippen molar-refractivity contribution in [1.29, 1.82) is 0 Å². The molecular formula is C23H25N3O2. The number of hydrogen-bond acceptors (Lipinski definition) is 3. The van der Waals surface area contributed by atoms with Crippen LogP contribution in [0.4, 0.5) is 0 Å². The molecule has 1 aliphatic heterocycles. The van der Waals surface area contributed by atoms with E-state index >= 15 is 0 Å². The Bertz CT molecular complexity index is 1070. The summed E-state index contributed by atoms with van der Waals surface area (Å²) in [6.07, 6.45) is 2.72. The standard InChI is InChI=1S/C23H25N3O2/c1-16(2)22-18-8-4-3-7-17(18)11-14-26(22)21(27)12-13-25-15-24-20-10-6-5-9-19(20)23(25)28/h3-10,15-16,22H,11-14H2,1-2H3. The van der Waals surface area contributed by atoms with E-state index in [1.54, 1.807) is 17.0 Å². The molecule has 1 aliphatic rings. The summed E-state index contributed by atoms with van der Waals surface area (Å²) < 4.78 is 1.54. The molecule has 2 heterocycles. The monoisotopic (exact) mass is 375 g/mol. The SMILES string of the molecule is CC(C)C1c2ccccc2CCN1C(=O)CCn1cnc2ccccc2c1=O. The van der Waals surface area contributed by atoms with Gasteiger partial charge in [-0.25, -0.2) is 4.98 Å². The predicted octanol–water partition coefficient (Wildman–Crippen LogP) is 3.57. The van der Waals surface area contributed by atoms with E-state index in [0.29, 0.717) is 29.8 Å². The first-order valence-electron chi connectivity index (χ1n) is 9.87. The van der Waals surface area contributed by atoms with Crippen molar-refractivity contribution in [2.24, 2.45) is 5.92 Å². The normalized spacial score (nSPS) is 16.4. The molecule has 144 valence electrons. The molecule has 5 heteroatoms. The fourth-order valence-electron chi connectivity index (χ4n) is 4.22. The lowest BCUT2D eigenvalue weighted by Gasteiger charge is -2.40. The zero-order valence-electron chi connectivity index (χ0n) is 16.3. The van der Waals surface area contributed by atoms with Gasteiger partial charge in [-0.2, -0.15) is 0 Å². The molecule has 4 rings (SSSR count). The van der Waals surface area contributed by atoms with Crippen molar-refractivity contribution < 1.29 is 4.79 Å². The molecule has 0 N–H and O–H groups in total. The lowest BCUT2D eigenvalue weighted by molar-refractivity contribution is -0.135. The van der Waals surface area contributed by atoms with Gasteiger partial charge in [0.2, 0.25) is 5.91 Å². The van der Waals surface area contributed by atoms with Crippen LogP contribution in [0.25, 0.3) is 10.9 Å². The number of rotatable bonds is 4. The molecule has 0 saturated carbocycles. The second kappa shape index (κ2) is 7.58. The Morgan fingerprint density at radius 1 is 1.14 bits per heavy atom. The maximum atomic E-state index is 13.1. The summed E-state index contributed by atoms with van der Waals surface area (Å²) in [6.45, 7) is 5.39. The summed E-state index contributed by atoms with van der Waals surface area (Å²) in [5.41, 5.74) is 3.17. The highest BCUT2D eigenvalue weighted by Gasteiger charge is 2.32. The fraction of sp³-hybridized carbons (Fsp3) is 0.348. The second-order valence-electron chi connectivity index (χ2n) is 7.74. The minimum atomic E-state index is -0.0946. The van der Waals surface area contributed by atoms with Crippen LogP contribution in [0.1, 0.15) is 37.4 Å². The van der Waals surface area contributed by atoms with Crippen molar-refractivity contribution in [2.75, 3.05) is 6.54 Å². The molecule has 1 aromatic heterocycles. The molecule has 0 aliphatic carbocycles. The van der Waals surface area contributed by atoms with Gasteiger partial charge in [-0.1, -0.05) is 50.2 Å². The summed E-state index contributed by atoms with van der Waals surface area (Å²) in [6, 6.07) is 15.8. The summed E-state index contributed by atoms with van der Waals surface area (Å²) in [5, 5.41) is 0.587. The van der Waals surface area contributed by atoms with E-state index in [0.717, 1.165) is 13.0 Å². The molecule has 0 bridgehead atoms. The summed E-state index contributed by atoms with van der Waals surface area (Å²) >= 11 is 0. The number of amides is 1. The highest BCUT2D eigenvalue weighted by atomic mass is 16.2. The summed E-state index contributed by atoms with van der Waals surface area (Å²) in [5.74, 6) is 0.420. The van der Waals surface area contributed by atoms with Crippen LogP contribution in [0, 0.1) is 5.92 Å². The number of benzene rings is 2. The summed E-state index contributed by atoms with van der Waals surface area (Å²) in [7, 11) is 0. The van der Waals surface area contributed by atoms with Crippen molar-refractivity contribution in [2.45, 2.75) is 39.3 Å². The average molecular weight is 375 g/mol. The molecule has 1 atom stereocenters. The van der Waals surface area contributed by atoms with E-state index in [9.17, 15) is 9.59 Å². The maximum Gasteiger partial charge on any atom is 0.261 e. The first-order chi connectivity index (χ1) is 13.6. The maximum absolute atomic E-state index is 13.1. The van der Waals surface area contributed by atoms with Gasteiger partial charge in [0, 0.05) is 19.5 Å². The topological polar surface area (TPSA) is 55.2 Å². The average Bonchev–Trinajstić information content (AvgIpc) is 2.72. The van der Waals surface area contributed by atoms with Gasteiger partial charge in [-0.05, 0) is 35.6 Å². The minimum Gasteiger partial charge on any atom is -0.335 e. The number of hydrogen-bond donors (Lipinski definition) is 0. The van der Waals surface area contributed by atoms with Crippen molar-refractivity contribution in [1.82, 2.24) is 14.5 Å². The van der Waals surface area contributed by atoms with Gasteiger partial charge in [0.25, 0.3) is 5.56 Å². The lowest BCUT2D eigenvalue weighted by atomic mass is 9.86. The molecule has 1 unspecified atom stereocenters. The van der Waals surface area contributed by atoms with Crippen LogP contribution in [-0.2, 0) is 17.8 Å². The minimum absolute atomic E-state index is 0.0869. The van der Waals surface area contributed by atoms with Crippen LogP contribution < -0.4 is 5.56 Å². The highest BCUT2D eigenvalue weighted by Crippen LogP contribution is 2.35. The summed E-state index contributed by atoms with van der Waals surface area (Å²) in [4.78, 5) is 32.0. The van der Waals surface area contributed by atoms with E-state index in [1.807, 2.05) is 29.2 Å². The largest absolute Gasteiger partial charge is 0.335 e. The Labute approximate surface area is 164 Å². The number of para-hydroxylation sites is 1. The number of carbonyl (C=O) groups excluding carboxylic acids is 1. The molecule has 5 nitrogen and oxygen atoms in total. The van der Waals surface area contributed by atoms with E-state index in [2.05, 4.69) is 37.0 Å². The van der Waals surface area contributed by atoms with E-state index in [-0.39, 0.29) is 17.5 Å². The number of nitrogens with zero attached hydrogens (tertiary/aromatic N) is 3. The van der Waals surface area contributed by atoms with Crippen molar-refractivity contribution in [3.8, 4) is 0 Å². The van der Waals surface area contributed by atoms with Gasteiger partial charge >= 0.3 is 0 Å². The van der Waals surface area contributed by atoms with E-state index in [4.69, 9.17) is 0 Å². The molecule has 0 fully saturated rings. The van der Waals surface area contributed by atoms with Gasteiger partial charge < -0.3 is 4.90 Å². The zero-order valence-corrected chi connectivity index (χ0v) is 16.3. The first-order valence-corrected chi connectivity index (χ1v) is 9.87. The molecule has 3 aromatic rings. The Morgan fingerprint density at radius 2 is 1.89 bits per heavy atom. The lowest BCUT2D eigenvalue weighted by Crippen LogP contribution is -2.42. The first kappa shape index (κ1) is 18.4. The van der Waals surface area contributed by atoms with Crippen molar-refractivity contribution in [3.05, 3.63) is 76.3 Å². The van der Waals surface area contributed by atoms with Crippen LogP contribution in [0.2, 0.25) is 0 Å². The third-order valence-electron chi connectivity index (χ3n) is 5.58. The Kier molecular flexibility index (Phi) is 4.99. The number of aryl methyl sites for hydroxylation is 1. The van der Waals surface area contributed by atoms with Crippen molar-refractivity contribution in [3.63, 3.8) is 0 Å². The zero-order chi connectivity index (χ0) is 19.7. The molecular weight excluding hydrogens is 350 g/mol. The smallest absolute Gasteiger partial charge is 0.261 e. The van der Waals surface area contributed by atoms with Gasteiger partial charge in [-0.3, -0.25) is 14.2 Å². The molecule has 28 heavy (non-hydrogen) atoms. The van der Waals surface area contributed by atoms with Gasteiger partial charge in [-0.15, -0.1) is 0 Å². The van der Waals surface area contributed by atoms with E-state index in [1.165, 1.54) is 11.1 Å². The highest BCUT2D eigenvalue weighted by molar-refractivity contribution is 5.78. The van der Waals surface area contributed by atoms with Crippen molar-refractivity contribution >= 4 is 16.8 Å². The molecule has 0 radical (unpaired) electrons. The Morgan fingerprint density at radius 3 is 2.71 bits per heavy atom. The number of carbonyl (C=O) groups is 1. The van der Waals surface area contributed by atoms with Crippen LogP contribution >= 0.6 is 0 Å². The van der Waals surface area contributed by atoms with Crippen LogP contribution in [0.15, 0.2) is 59.7 Å². The van der Waals surface area contributed by atoms with E-state index < -0.39 is 0 Å². The third-order valence-corrected chi connectivity index (χ3v) is 5.58. The fourth-order valence-corrected chi connectivity index (χ4v) is 4.22. The number of fused-ring (bicyclic) bond motifs is 2. The van der Waals surface area contributed by atoms with Gasteiger partial charge in [0.05, 0.1) is 23.3 Å². The quantitative estimate of drug-likeness (QED) is 0.700. The molecule has 0 saturated heterocycles. The Hall–Kier alpha value is -2.95. The van der Waals surface area contributed by atoms with Gasteiger partial charge in [0.15, 0.2) is 0 Å². The third kappa shape index (κ3) is 3.33. The number of aromatic nitrogens is 2.